The van der Waals surface area contributed by atoms with Gasteiger partial charge in [-0.05, 0) is 50.2 Å². The van der Waals surface area contributed by atoms with Crippen molar-refractivity contribution in [2.75, 3.05) is 26.2 Å². The van der Waals surface area contributed by atoms with E-state index in [1.807, 2.05) is 13.8 Å². The van der Waals surface area contributed by atoms with Gasteiger partial charge in [-0.15, -0.1) is 0 Å². The van der Waals surface area contributed by atoms with Crippen LogP contribution in [0.4, 0.5) is 0 Å². The third-order valence-corrected chi connectivity index (χ3v) is 7.07. The molecular formula is C22H26N4O5S. The fourth-order valence-electron chi connectivity index (χ4n) is 3.68. The van der Waals surface area contributed by atoms with E-state index in [9.17, 15) is 13.2 Å². The minimum Gasteiger partial charge on any atom is -0.468 e. The van der Waals surface area contributed by atoms with Gasteiger partial charge in [0.2, 0.25) is 10.0 Å². The molecule has 3 aromatic rings. The molecule has 1 aromatic carbocycles. The maximum Gasteiger partial charge on any atom is 0.253 e. The number of sulfonamides is 1. The summed E-state index contributed by atoms with van der Waals surface area (Å²) in [5.41, 5.74) is 2.46. The highest BCUT2D eigenvalue weighted by atomic mass is 32.2. The van der Waals surface area contributed by atoms with E-state index in [1.165, 1.54) is 18.4 Å². The maximum absolute atomic E-state index is 12.9. The van der Waals surface area contributed by atoms with Gasteiger partial charge in [0.05, 0.1) is 23.4 Å². The van der Waals surface area contributed by atoms with Crippen LogP contribution in [0.1, 0.15) is 33.1 Å². The molecule has 1 aliphatic rings. The summed E-state index contributed by atoms with van der Waals surface area (Å²) in [4.78, 5) is 17.0. The van der Waals surface area contributed by atoms with Crippen LogP contribution in [-0.4, -0.2) is 55.5 Å². The predicted octanol–water partition coefficient (Wildman–Crippen LogP) is 2.32. The summed E-state index contributed by atoms with van der Waals surface area (Å²) in [6, 6.07) is 9.40. The van der Waals surface area contributed by atoms with Crippen molar-refractivity contribution in [3.8, 4) is 0 Å². The molecular weight excluding hydrogens is 432 g/mol. The molecule has 0 aliphatic carbocycles. The zero-order valence-electron chi connectivity index (χ0n) is 18.1. The summed E-state index contributed by atoms with van der Waals surface area (Å²) in [5.74, 6) is 1.25. The molecule has 32 heavy (non-hydrogen) atoms. The molecule has 0 radical (unpaired) electrons. The van der Waals surface area contributed by atoms with Crippen molar-refractivity contribution in [1.29, 1.82) is 0 Å². The van der Waals surface area contributed by atoms with Crippen LogP contribution < -0.4 is 4.72 Å². The number of carbonyl (C=O) groups is 1. The van der Waals surface area contributed by atoms with Gasteiger partial charge in [0.15, 0.2) is 0 Å². The fraction of sp³-hybridized carbons (Fsp3) is 0.364. The predicted molar refractivity (Wildman–Crippen MR) is 116 cm³/mol. The van der Waals surface area contributed by atoms with Gasteiger partial charge in [-0.1, -0.05) is 5.16 Å². The molecule has 0 spiro atoms. The standard InChI is InChI=1S/C22H26N4O5S/c1-16-21(17(2)31-24-16)15-25-9-11-26(12-10-25)22(27)18-5-7-20(8-6-18)32(28,29)23-14-19-4-3-13-30-19/h3-8,13,23H,9-12,14-15H2,1-2H3. The number of furan rings is 1. The summed E-state index contributed by atoms with van der Waals surface area (Å²) in [7, 11) is -3.70. The van der Waals surface area contributed by atoms with E-state index in [0.717, 1.165) is 36.7 Å². The molecule has 1 N–H and O–H groups in total. The summed E-state index contributed by atoms with van der Waals surface area (Å²) >= 11 is 0. The Bertz CT molecular complexity index is 1140. The molecule has 9 nitrogen and oxygen atoms in total. The van der Waals surface area contributed by atoms with Crippen molar-refractivity contribution in [2.45, 2.75) is 31.8 Å². The van der Waals surface area contributed by atoms with Crippen LogP contribution in [0, 0.1) is 13.8 Å². The monoisotopic (exact) mass is 458 g/mol. The Hall–Kier alpha value is -2.95. The number of amides is 1. The first-order chi connectivity index (χ1) is 15.3. The second kappa shape index (κ2) is 9.27. The molecule has 0 unspecified atom stereocenters. The lowest BCUT2D eigenvalue weighted by Crippen LogP contribution is -2.48. The summed E-state index contributed by atoms with van der Waals surface area (Å²) in [6.07, 6.45) is 1.49. The average Bonchev–Trinajstić information content (AvgIpc) is 3.43. The molecule has 1 fully saturated rings. The summed E-state index contributed by atoms with van der Waals surface area (Å²) in [6.45, 7) is 7.36. The van der Waals surface area contributed by atoms with Crippen LogP contribution in [0.25, 0.3) is 0 Å². The lowest BCUT2D eigenvalue weighted by Gasteiger charge is -2.34. The number of aromatic nitrogens is 1. The molecule has 1 aliphatic heterocycles. The van der Waals surface area contributed by atoms with E-state index >= 15 is 0 Å². The van der Waals surface area contributed by atoms with Gasteiger partial charge < -0.3 is 13.8 Å². The molecule has 1 saturated heterocycles. The molecule has 0 bridgehead atoms. The Kier molecular flexibility index (Phi) is 6.45. The van der Waals surface area contributed by atoms with Crippen LogP contribution >= 0.6 is 0 Å². The van der Waals surface area contributed by atoms with Gasteiger partial charge in [0.25, 0.3) is 5.91 Å². The lowest BCUT2D eigenvalue weighted by atomic mass is 10.1. The number of aryl methyl sites for hydroxylation is 2. The number of hydrogen-bond acceptors (Lipinski definition) is 7. The fourth-order valence-corrected chi connectivity index (χ4v) is 4.68. The van der Waals surface area contributed by atoms with E-state index in [0.29, 0.717) is 24.4 Å². The molecule has 0 saturated carbocycles. The topological polar surface area (TPSA) is 109 Å². The van der Waals surface area contributed by atoms with Gasteiger partial charge in [-0.25, -0.2) is 13.1 Å². The van der Waals surface area contributed by atoms with E-state index in [4.69, 9.17) is 8.94 Å². The quantitative estimate of drug-likeness (QED) is 0.579. The van der Waals surface area contributed by atoms with Crippen molar-refractivity contribution in [2.24, 2.45) is 0 Å². The van der Waals surface area contributed by atoms with Crippen molar-refractivity contribution >= 4 is 15.9 Å². The normalized spacial score (nSPS) is 15.2. The van der Waals surface area contributed by atoms with Crippen LogP contribution in [0.15, 0.2) is 56.5 Å². The second-order valence-electron chi connectivity index (χ2n) is 7.80. The lowest BCUT2D eigenvalue weighted by molar-refractivity contribution is 0.0627. The molecule has 4 rings (SSSR count). The number of nitrogens with one attached hydrogen (secondary N) is 1. The zero-order valence-corrected chi connectivity index (χ0v) is 18.9. The maximum atomic E-state index is 12.9. The summed E-state index contributed by atoms with van der Waals surface area (Å²) < 4.78 is 37.8. The minimum atomic E-state index is -3.70. The molecule has 10 heteroatoms. The number of piperazine rings is 1. The SMILES string of the molecule is Cc1noc(C)c1CN1CCN(C(=O)c2ccc(S(=O)(=O)NCc3ccco3)cc2)CC1. The van der Waals surface area contributed by atoms with Gasteiger partial charge in [0, 0.05) is 43.9 Å². The number of rotatable bonds is 7. The molecule has 1 amide bonds. The van der Waals surface area contributed by atoms with E-state index < -0.39 is 10.0 Å². The highest BCUT2D eigenvalue weighted by molar-refractivity contribution is 7.89. The van der Waals surface area contributed by atoms with E-state index in [-0.39, 0.29) is 17.3 Å². The first-order valence-corrected chi connectivity index (χ1v) is 11.9. The van der Waals surface area contributed by atoms with E-state index in [2.05, 4.69) is 14.8 Å². The van der Waals surface area contributed by atoms with Crippen molar-refractivity contribution < 1.29 is 22.2 Å². The largest absolute Gasteiger partial charge is 0.468 e. The third kappa shape index (κ3) is 4.93. The average molecular weight is 459 g/mol. The van der Waals surface area contributed by atoms with Crippen molar-refractivity contribution in [3.05, 3.63) is 71.0 Å². The number of carbonyl (C=O) groups excluding carboxylic acids is 1. The zero-order chi connectivity index (χ0) is 22.7. The van der Waals surface area contributed by atoms with Crippen LogP contribution in [0.5, 0.6) is 0 Å². The van der Waals surface area contributed by atoms with Gasteiger partial charge >= 0.3 is 0 Å². The third-order valence-electron chi connectivity index (χ3n) is 5.65. The molecule has 170 valence electrons. The highest BCUT2D eigenvalue weighted by Gasteiger charge is 2.24. The first-order valence-electron chi connectivity index (χ1n) is 10.4. The molecule has 2 aromatic heterocycles. The smallest absolute Gasteiger partial charge is 0.253 e. The molecule has 3 heterocycles. The number of benzene rings is 1. The second-order valence-corrected chi connectivity index (χ2v) is 9.57. The number of nitrogens with zero attached hydrogens (tertiary/aromatic N) is 3. The Morgan fingerprint density at radius 1 is 1.09 bits per heavy atom. The van der Waals surface area contributed by atoms with Crippen molar-refractivity contribution in [1.82, 2.24) is 19.7 Å². The Morgan fingerprint density at radius 3 is 2.41 bits per heavy atom. The first kappa shape index (κ1) is 22.3. The van der Waals surface area contributed by atoms with Gasteiger partial charge in [0.1, 0.15) is 11.5 Å². The van der Waals surface area contributed by atoms with Crippen LogP contribution in [-0.2, 0) is 23.1 Å². The van der Waals surface area contributed by atoms with Crippen LogP contribution in [0.3, 0.4) is 0 Å². The minimum absolute atomic E-state index is 0.0637. The van der Waals surface area contributed by atoms with E-state index in [1.54, 1.807) is 29.2 Å². The summed E-state index contributed by atoms with van der Waals surface area (Å²) in [5, 5.41) is 4.00. The Labute approximate surface area is 187 Å². The van der Waals surface area contributed by atoms with Gasteiger partial charge in [-0.3, -0.25) is 9.69 Å². The van der Waals surface area contributed by atoms with Gasteiger partial charge in [-0.2, -0.15) is 0 Å². The highest BCUT2D eigenvalue weighted by Crippen LogP contribution is 2.18. The van der Waals surface area contributed by atoms with Crippen LogP contribution in [0.2, 0.25) is 0 Å². The molecule has 0 atom stereocenters. The van der Waals surface area contributed by atoms with Crippen molar-refractivity contribution in [3.63, 3.8) is 0 Å². The Balaban J connectivity index is 1.33. The Morgan fingerprint density at radius 2 is 1.81 bits per heavy atom. The number of hydrogen-bond donors (Lipinski definition) is 1.